The van der Waals surface area contributed by atoms with Gasteiger partial charge in [0, 0.05) is 24.2 Å². The van der Waals surface area contributed by atoms with Crippen LogP contribution in [0.15, 0.2) is 6.20 Å². The molecule has 2 rings (SSSR count). The number of hydrogen-bond donors (Lipinski definition) is 0. The Morgan fingerprint density at radius 2 is 1.63 bits per heavy atom. The van der Waals surface area contributed by atoms with Gasteiger partial charge in [0.1, 0.15) is 10.3 Å². The lowest BCUT2D eigenvalue weighted by molar-refractivity contribution is 0.554. The Labute approximate surface area is 122 Å². The van der Waals surface area contributed by atoms with Crippen molar-refractivity contribution in [2.45, 2.75) is 33.1 Å². The molecule has 2 aromatic heterocycles. The minimum Gasteiger partial charge on any atom is -0.275 e. The Morgan fingerprint density at radius 3 is 2.11 bits per heavy atom. The maximum atomic E-state index is 6.08. The van der Waals surface area contributed by atoms with Crippen molar-refractivity contribution in [1.82, 2.24) is 19.7 Å². The highest BCUT2D eigenvalue weighted by atomic mass is 35.5. The van der Waals surface area contributed by atoms with Crippen LogP contribution >= 0.6 is 23.2 Å². The molecule has 0 saturated carbocycles. The van der Waals surface area contributed by atoms with Gasteiger partial charge in [0.2, 0.25) is 0 Å². The molecule has 0 aromatic carbocycles. The molecule has 0 amide bonds. The summed E-state index contributed by atoms with van der Waals surface area (Å²) in [7, 11) is 1.87. The number of aryl methyl sites for hydroxylation is 1. The van der Waals surface area contributed by atoms with E-state index in [4.69, 9.17) is 23.2 Å². The molecule has 0 N–H and O–H groups in total. The third kappa shape index (κ3) is 2.74. The average Bonchev–Trinajstić information content (AvgIpc) is 2.67. The molecule has 0 radical (unpaired) electrons. The molecule has 0 saturated heterocycles. The zero-order chi connectivity index (χ0) is 14.4. The van der Waals surface area contributed by atoms with E-state index < -0.39 is 0 Å². The average molecular weight is 299 g/mol. The first-order valence-electron chi connectivity index (χ1n) is 5.94. The Hall–Kier alpha value is -1.13. The van der Waals surface area contributed by atoms with Crippen molar-refractivity contribution < 1.29 is 0 Å². The zero-order valence-corrected chi connectivity index (χ0v) is 13.1. The molecule has 0 spiro atoms. The van der Waals surface area contributed by atoms with Crippen molar-refractivity contribution in [3.63, 3.8) is 0 Å². The van der Waals surface area contributed by atoms with Crippen LogP contribution in [-0.2, 0) is 12.5 Å². The highest BCUT2D eigenvalue weighted by molar-refractivity contribution is 6.34. The first-order valence-corrected chi connectivity index (χ1v) is 6.70. The monoisotopic (exact) mass is 298 g/mol. The number of rotatable bonds is 1. The number of hydrogen-bond acceptors (Lipinski definition) is 3. The third-order valence-electron chi connectivity index (χ3n) is 2.81. The van der Waals surface area contributed by atoms with Crippen LogP contribution in [0.2, 0.25) is 10.3 Å². The SMILES string of the molecule is Cc1c(Cl)nc(-c2cn(C)nc2C(C)(C)C)nc1Cl. The molecule has 2 heterocycles. The van der Waals surface area contributed by atoms with Crippen molar-refractivity contribution in [2.75, 3.05) is 0 Å². The van der Waals surface area contributed by atoms with Crippen LogP contribution in [0.25, 0.3) is 11.4 Å². The van der Waals surface area contributed by atoms with Crippen molar-refractivity contribution in [2.24, 2.45) is 7.05 Å². The second kappa shape index (κ2) is 4.76. The minimum atomic E-state index is -0.107. The lowest BCUT2D eigenvalue weighted by Crippen LogP contribution is -2.14. The van der Waals surface area contributed by atoms with Gasteiger partial charge in [0.15, 0.2) is 5.82 Å². The van der Waals surface area contributed by atoms with Crippen molar-refractivity contribution >= 4 is 23.2 Å². The topological polar surface area (TPSA) is 43.6 Å². The third-order valence-corrected chi connectivity index (χ3v) is 3.54. The van der Waals surface area contributed by atoms with Crippen LogP contribution < -0.4 is 0 Å². The summed E-state index contributed by atoms with van der Waals surface area (Å²) in [6, 6.07) is 0. The molecule has 0 fully saturated rings. The van der Waals surface area contributed by atoms with E-state index in [1.54, 1.807) is 11.6 Å². The largest absolute Gasteiger partial charge is 0.275 e. The molecule has 0 unspecified atom stereocenters. The molecular formula is C13H16Cl2N4. The molecule has 6 heteroatoms. The van der Waals surface area contributed by atoms with E-state index >= 15 is 0 Å². The van der Waals surface area contributed by atoms with Crippen LogP contribution in [0.4, 0.5) is 0 Å². The van der Waals surface area contributed by atoms with Gasteiger partial charge < -0.3 is 0 Å². The van der Waals surface area contributed by atoms with Gasteiger partial charge in [0.05, 0.1) is 11.3 Å². The summed E-state index contributed by atoms with van der Waals surface area (Å²) in [5.74, 6) is 0.513. The van der Waals surface area contributed by atoms with Crippen molar-refractivity contribution in [3.8, 4) is 11.4 Å². The van der Waals surface area contributed by atoms with E-state index in [-0.39, 0.29) is 5.41 Å². The summed E-state index contributed by atoms with van der Waals surface area (Å²) in [6.45, 7) is 8.07. The fourth-order valence-electron chi connectivity index (χ4n) is 1.79. The first kappa shape index (κ1) is 14.3. The number of aromatic nitrogens is 4. The van der Waals surface area contributed by atoms with Crippen LogP contribution in [0.5, 0.6) is 0 Å². The van der Waals surface area contributed by atoms with Crippen molar-refractivity contribution in [1.29, 1.82) is 0 Å². The van der Waals surface area contributed by atoms with Gasteiger partial charge in [-0.2, -0.15) is 5.10 Å². The molecule has 0 aliphatic heterocycles. The summed E-state index contributed by atoms with van der Waals surface area (Å²) < 4.78 is 1.75. The summed E-state index contributed by atoms with van der Waals surface area (Å²) in [5.41, 5.74) is 2.36. The molecule has 4 nitrogen and oxygen atoms in total. The second-order valence-electron chi connectivity index (χ2n) is 5.57. The first-order chi connectivity index (χ1) is 8.70. The van der Waals surface area contributed by atoms with Gasteiger partial charge >= 0.3 is 0 Å². The van der Waals surface area contributed by atoms with E-state index in [2.05, 4.69) is 35.8 Å². The fourth-order valence-corrected chi connectivity index (χ4v) is 2.18. The molecule has 0 bridgehead atoms. The van der Waals surface area contributed by atoms with Crippen LogP contribution in [-0.4, -0.2) is 19.7 Å². The normalized spacial score (nSPS) is 11.9. The molecule has 0 atom stereocenters. The van der Waals surface area contributed by atoms with Crippen LogP contribution in [0, 0.1) is 6.92 Å². The molecule has 102 valence electrons. The van der Waals surface area contributed by atoms with Gasteiger partial charge in [-0.25, -0.2) is 9.97 Å². The van der Waals surface area contributed by atoms with E-state index in [0.717, 1.165) is 11.3 Å². The molecule has 0 aliphatic carbocycles. The smallest absolute Gasteiger partial charge is 0.166 e. The van der Waals surface area contributed by atoms with Crippen molar-refractivity contribution in [3.05, 3.63) is 27.8 Å². The molecule has 2 aromatic rings. The predicted octanol–water partition coefficient (Wildman–Crippen LogP) is 3.79. The summed E-state index contributed by atoms with van der Waals surface area (Å²) in [4.78, 5) is 8.62. The lowest BCUT2D eigenvalue weighted by Gasteiger charge is -2.17. The molecule has 19 heavy (non-hydrogen) atoms. The Balaban J connectivity index is 2.66. The quantitative estimate of drug-likeness (QED) is 0.752. The maximum Gasteiger partial charge on any atom is 0.166 e. The Kier molecular flexibility index (Phi) is 3.58. The van der Waals surface area contributed by atoms with Gasteiger partial charge in [-0.3, -0.25) is 4.68 Å². The summed E-state index contributed by atoms with van der Waals surface area (Å²) in [6.07, 6.45) is 1.89. The minimum absolute atomic E-state index is 0.107. The molecule has 0 aliphatic rings. The predicted molar refractivity (Wildman–Crippen MR) is 77.7 cm³/mol. The van der Waals surface area contributed by atoms with Gasteiger partial charge in [-0.05, 0) is 6.92 Å². The van der Waals surface area contributed by atoms with E-state index in [9.17, 15) is 0 Å². The Bertz CT molecular complexity index is 603. The Morgan fingerprint density at radius 1 is 1.11 bits per heavy atom. The fraction of sp³-hybridized carbons (Fsp3) is 0.462. The summed E-state index contributed by atoms with van der Waals surface area (Å²) in [5, 5.41) is 5.24. The maximum absolute atomic E-state index is 6.08. The highest BCUT2D eigenvalue weighted by Gasteiger charge is 2.24. The van der Waals surface area contributed by atoms with E-state index in [0.29, 0.717) is 21.7 Å². The van der Waals surface area contributed by atoms with Gasteiger partial charge in [-0.15, -0.1) is 0 Å². The van der Waals surface area contributed by atoms with E-state index in [1.165, 1.54) is 0 Å². The second-order valence-corrected chi connectivity index (χ2v) is 6.28. The van der Waals surface area contributed by atoms with Gasteiger partial charge in [-0.1, -0.05) is 44.0 Å². The van der Waals surface area contributed by atoms with E-state index in [1.807, 2.05) is 13.2 Å². The zero-order valence-electron chi connectivity index (χ0n) is 11.6. The van der Waals surface area contributed by atoms with Crippen LogP contribution in [0.1, 0.15) is 32.0 Å². The summed E-state index contributed by atoms with van der Waals surface area (Å²) >= 11 is 12.2. The van der Waals surface area contributed by atoms with Crippen LogP contribution in [0.3, 0.4) is 0 Å². The standard InChI is InChI=1S/C13H16Cl2N4/c1-7-10(14)16-12(17-11(7)15)8-6-19(5)18-9(8)13(2,3)4/h6H,1-5H3. The lowest BCUT2D eigenvalue weighted by atomic mass is 9.89. The molecular weight excluding hydrogens is 283 g/mol. The van der Waals surface area contributed by atoms with Gasteiger partial charge in [0.25, 0.3) is 0 Å². The number of halogens is 2. The number of nitrogens with zero attached hydrogens (tertiary/aromatic N) is 4. The highest BCUT2D eigenvalue weighted by Crippen LogP contribution is 2.32.